The molecule has 0 spiro atoms. The van der Waals surface area contributed by atoms with Gasteiger partial charge in [0.15, 0.2) is 0 Å². The first-order valence-electron chi connectivity index (χ1n) is 24.3. The number of aliphatic hydroxyl groups is 1. The summed E-state index contributed by atoms with van der Waals surface area (Å²) in [4.78, 5) is 82.1. The number of rotatable bonds is 18. The number of benzene rings is 5. The zero-order chi connectivity index (χ0) is 53.7. The highest BCUT2D eigenvalue weighted by molar-refractivity contribution is 7.41. The maximum Gasteiger partial charge on any atom is 0.340 e. The summed E-state index contributed by atoms with van der Waals surface area (Å²) in [6.45, 7) is 2.47. The molecule has 1 N–H and O–H groups in total. The van der Waals surface area contributed by atoms with Crippen molar-refractivity contribution in [3.63, 3.8) is 0 Å². The Morgan fingerprint density at radius 1 is 0.592 bits per heavy atom. The molecule has 0 radical (unpaired) electrons. The number of aliphatic hydroxyl groups excluding tert-OH is 1. The second-order valence-electron chi connectivity index (χ2n) is 18.1. The van der Waals surface area contributed by atoms with Gasteiger partial charge in [0.1, 0.15) is 41.8 Å². The van der Waals surface area contributed by atoms with Gasteiger partial charge in [-0.1, -0.05) is 91.0 Å². The lowest BCUT2D eigenvalue weighted by molar-refractivity contribution is -0.0939. The summed E-state index contributed by atoms with van der Waals surface area (Å²) < 4.78 is 53.2. The quantitative estimate of drug-likeness (QED) is 0.0741. The van der Waals surface area contributed by atoms with Crippen molar-refractivity contribution in [3.05, 3.63) is 233 Å². The molecule has 0 aliphatic carbocycles. The average Bonchev–Trinajstić information content (AvgIpc) is 4.05. The summed E-state index contributed by atoms with van der Waals surface area (Å²) in [6, 6.07) is 40.4. The Morgan fingerprint density at radius 3 is 1.49 bits per heavy atom. The van der Waals surface area contributed by atoms with Crippen LogP contribution in [0.15, 0.2) is 171 Å². The molecule has 394 valence electrons. The van der Waals surface area contributed by atoms with E-state index in [0.717, 1.165) is 21.3 Å². The first-order valence-corrected chi connectivity index (χ1v) is 25.4. The Kier molecular flexibility index (Phi) is 16.3. The van der Waals surface area contributed by atoms with E-state index in [1.54, 1.807) is 50.6 Å². The molecule has 0 amide bonds. The molecule has 1 unspecified atom stereocenters. The number of hydrogen-bond acceptors (Lipinski definition) is 15. The van der Waals surface area contributed by atoms with Crippen molar-refractivity contribution < 1.29 is 52.0 Å². The second kappa shape index (κ2) is 23.2. The van der Waals surface area contributed by atoms with Crippen LogP contribution in [0.3, 0.4) is 0 Å². The second-order valence-corrected chi connectivity index (χ2v) is 19.4. The Labute approximate surface area is 436 Å². The summed E-state index contributed by atoms with van der Waals surface area (Å²) in [6.07, 6.45) is -3.88. The van der Waals surface area contributed by atoms with Crippen LogP contribution in [0, 0.1) is 13.8 Å². The van der Waals surface area contributed by atoms with Crippen molar-refractivity contribution in [2.75, 3.05) is 34.5 Å². The van der Waals surface area contributed by atoms with E-state index in [2.05, 4.69) is 0 Å². The highest BCUT2D eigenvalue weighted by Crippen LogP contribution is 2.47. The summed E-state index contributed by atoms with van der Waals surface area (Å²) >= 11 is 0. The van der Waals surface area contributed by atoms with Crippen LogP contribution in [-0.2, 0) is 33.4 Å². The average molecular weight is 1060 g/mol. The lowest BCUT2D eigenvalue weighted by Crippen LogP contribution is -2.45. The Bertz CT molecular complexity index is 3380. The number of hydrogen-bond donors (Lipinski definition) is 1. The van der Waals surface area contributed by atoms with Gasteiger partial charge in [0.2, 0.25) is 0 Å². The smallest absolute Gasteiger partial charge is 0.340 e. The molecule has 7 aromatic rings. The molecule has 2 aliphatic rings. The molecule has 0 saturated carbocycles. The molecule has 2 aromatic heterocycles. The number of aromatic nitrogens is 4. The van der Waals surface area contributed by atoms with Crippen molar-refractivity contribution in [1.29, 1.82) is 0 Å². The van der Waals surface area contributed by atoms with Crippen LogP contribution in [0.2, 0.25) is 0 Å². The minimum absolute atomic E-state index is 0.0373. The van der Waals surface area contributed by atoms with Crippen molar-refractivity contribution in [2.45, 2.75) is 69.2 Å². The van der Waals surface area contributed by atoms with Crippen LogP contribution in [0.25, 0.3) is 0 Å². The number of carbonyl (C=O) groups excluding carboxylic acids is 2. The van der Waals surface area contributed by atoms with E-state index in [9.17, 15) is 33.9 Å². The van der Waals surface area contributed by atoms with E-state index >= 15 is 0 Å². The third-order valence-corrected chi connectivity index (χ3v) is 14.5. The maximum absolute atomic E-state index is 14.4. The third kappa shape index (κ3) is 10.7. The van der Waals surface area contributed by atoms with Gasteiger partial charge < -0.3 is 42.4 Å². The highest BCUT2D eigenvalue weighted by atomic mass is 31.2. The first-order chi connectivity index (χ1) is 36.8. The van der Waals surface area contributed by atoms with Gasteiger partial charge in [-0.2, -0.15) is 9.13 Å². The van der Waals surface area contributed by atoms with Crippen LogP contribution in [0.1, 0.15) is 73.8 Å². The van der Waals surface area contributed by atoms with E-state index in [1.807, 2.05) is 78.9 Å². The van der Waals surface area contributed by atoms with Crippen LogP contribution in [-0.4, -0.2) is 94.1 Å². The molecule has 19 nitrogen and oxygen atoms in total. The van der Waals surface area contributed by atoms with Crippen LogP contribution in [0.5, 0.6) is 11.5 Å². The fraction of sp³-hybridized carbons (Fsp3) is 0.286. The Hall–Kier alpha value is -7.45. The zero-order valence-corrected chi connectivity index (χ0v) is 43.0. The van der Waals surface area contributed by atoms with Crippen LogP contribution in [0.4, 0.5) is 0 Å². The summed E-state index contributed by atoms with van der Waals surface area (Å²) in [7, 11) is 2.21. The summed E-state index contributed by atoms with van der Waals surface area (Å²) in [5.74, 6) is -0.394. The van der Waals surface area contributed by atoms with Crippen molar-refractivity contribution in [1.82, 2.24) is 18.3 Å². The topological polar surface area (TPSA) is 216 Å². The highest BCUT2D eigenvalue weighted by Gasteiger charge is 2.45. The van der Waals surface area contributed by atoms with Crippen LogP contribution < -0.4 is 32.0 Å². The third-order valence-electron chi connectivity index (χ3n) is 13.4. The van der Waals surface area contributed by atoms with E-state index in [1.165, 1.54) is 62.2 Å². The predicted octanol–water partition coefficient (Wildman–Crippen LogP) is 6.26. The minimum Gasteiger partial charge on any atom is -0.497 e. The largest absolute Gasteiger partial charge is 0.497 e. The number of carbonyl (C=O) groups is 2. The Morgan fingerprint density at radius 2 is 1.03 bits per heavy atom. The zero-order valence-electron chi connectivity index (χ0n) is 42.1. The normalized spacial score (nSPS) is 19.8. The number of nitrogens with zero attached hydrogens (tertiary/aromatic N) is 4. The van der Waals surface area contributed by atoms with Gasteiger partial charge in [-0.3, -0.25) is 28.3 Å². The van der Waals surface area contributed by atoms with E-state index in [-0.39, 0.29) is 48.3 Å². The lowest BCUT2D eigenvalue weighted by Gasteiger charge is -2.37. The number of aryl methyl sites for hydroxylation is 2. The standard InChI is InChI=1S/C56H55N4O15P/c1-35-31-57(54(66)59(50(35)62)52(64)37-15-9-6-10-16-37)48-29-44(61)46(73-48)34-72-76(70-5)75-45-30-49(58-32-36(2)51(63)60(55(58)67)53(65)38-17-11-7-12-18-38)74-47(45)33-71-56(39-19-13-8-14-20-39,40-21-25-42(68-3)26-22-40)41-23-27-43(69-4)28-24-41/h6-28,31-32,44-49,61H,29-30,33-34H2,1-5H3/t44-,45-,46+,47+,48+,49+,76?/m0/s1. The number of methoxy groups -OCH3 is 2. The summed E-state index contributed by atoms with van der Waals surface area (Å²) in [5.41, 5.74) is -2.10. The molecule has 9 rings (SSSR count). The number of ether oxygens (including phenoxy) is 5. The van der Waals surface area contributed by atoms with Crippen molar-refractivity contribution >= 4 is 20.4 Å². The van der Waals surface area contributed by atoms with Crippen molar-refractivity contribution in [3.8, 4) is 11.5 Å². The minimum atomic E-state index is -2.30. The molecule has 4 heterocycles. The molecule has 5 aromatic carbocycles. The van der Waals surface area contributed by atoms with Gasteiger partial charge in [0.05, 0.1) is 39.6 Å². The first kappa shape index (κ1) is 53.4. The van der Waals surface area contributed by atoms with Gasteiger partial charge in [-0.05, 0) is 79.1 Å². The van der Waals surface area contributed by atoms with Gasteiger partial charge in [-0.25, -0.2) is 9.59 Å². The molecule has 2 fully saturated rings. The van der Waals surface area contributed by atoms with Crippen molar-refractivity contribution in [2.24, 2.45) is 0 Å². The van der Waals surface area contributed by atoms with E-state index < -0.39 is 85.4 Å². The fourth-order valence-corrected chi connectivity index (χ4v) is 10.4. The summed E-state index contributed by atoms with van der Waals surface area (Å²) in [5, 5.41) is 11.3. The molecule has 0 bridgehead atoms. The molecule has 7 atom stereocenters. The molecular formula is C56H55N4O15P. The molecular weight excluding hydrogens is 1000 g/mol. The van der Waals surface area contributed by atoms with E-state index in [0.29, 0.717) is 20.6 Å². The predicted molar refractivity (Wildman–Crippen MR) is 278 cm³/mol. The van der Waals surface area contributed by atoms with Gasteiger partial charge in [0.25, 0.3) is 22.9 Å². The molecule has 2 aliphatic heterocycles. The SMILES string of the molecule is COc1ccc(C(OC[C@H]2O[C@@H](n3cc(C)c(=O)n(C(=O)c4ccccc4)c3=O)C[C@@H]2OP(OC)OC[C@H]2O[C@@H](n3cc(C)c(=O)n(C(=O)c4ccccc4)c3=O)C[C@@H]2O)(c2ccccc2)c2ccc(OC)cc2)cc1. The van der Waals surface area contributed by atoms with E-state index in [4.69, 9.17) is 37.3 Å². The van der Waals surface area contributed by atoms with Crippen LogP contribution >= 0.6 is 8.60 Å². The molecule has 20 heteroatoms. The molecule has 76 heavy (non-hydrogen) atoms. The Balaban J connectivity index is 1.03. The van der Waals surface area contributed by atoms with Gasteiger partial charge >= 0.3 is 20.0 Å². The monoisotopic (exact) mass is 1050 g/mol. The molecule has 2 saturated heterocycles. The maximum atomic E-state index is 14.4. The van der Waals surface area contributed by atoms with Gasteiger partial charge in [0, 0.05) is 54.6 Å². The lowest BCUT2D eigenvalue weighted by atomic mass is 9.80. The fourth-order valence-electron chi connectivity index (χ4n) is 9.41. The van der Waals surface area contributed by atoms with Gasteiger partial charge in [-0.15, -0.1) is 0 Å².